The molecule has 5 heteroatoms. The van der Waals surface area contributed by atoms with Gasteiger partial charge in [0.25, 0.3) is 0 Å². The SMILES string of the molecule is CCN1C(=O)CC(NCc2cscc2C)C1=O. The highest BCUT2D eigenvalue weighted by atomic mass is 32.1. The first kappa shape index (κ1) is 12.3. The van der Waals surface area contributed by atoms with Crippen LogP contribution in [-0.4, -0.2) is 29.3 Å². The average molecular weight is 252 g/mol. The van der Waals surface area contributed by atoms with Gasteiger partial charge in [0.15, 0.2) is 0 Å². The van der Waals surface area contributed by atoms with Gasteiger partial charge in [0, 0.05) is 13.1 Å². The molecule has 2 amide bonds. The van der Waals surface area contributed by atoms with Crippen molar-refractivity contribution in [1.82, 2.24) is 10.2 Å². The van der Waals surface area contributed by atoms with Crippen LogP contribution in [0.5, 0.6) is 0 Å². The minimum absolute atomic E-state index is 0.0722. The van der Waals surface area contributed by atoms with Crippen LogP contribution in [0.1, 0.15) is 24.5 Å². The first-order valence-electron chi connectivity index (χ1n) is 5.72. The number of amides is 2. The van der Waals surface area contributed by atoms with Crippen LogP contribution >= 0.6 is 11.3 Å². The summed E-state index contributed by atoms with van der Waals surface area (Å²) >= 11 is 1.65. The van der Waals surface area contributed by atoms with Gasteiger partial charge in [-0.2, -0.15) is 11.3 Å². The largest absolute Gasteiger partial charge is 0.301 e. The molecule has 0 bridgehead atoms. The highest BCUT2D eigenvalue weighted by molar-refractivity contribution is 7.08. The Morgan fingerprint density at radius 2 is 2.24 bits per heavy atom. The predicted molar refractivity (Wildman–Crippen MR) is 66.7 cm³/mol. The van der Waals surface area contributed by atoms with Crippen LogP contribution in [-0.2, 0) is 16.1 Å². The fraction of sp³-hybridized carbons (Fsp3) is 0.500. The lowest BCUT2D eigenvalue weighted by Gasteiger charge is -2.12. The van der Waals surface area contributed by atoms with Gasteiger partial charge in [-0.1, -0.05) is 0 Å². The summed E-state index contributed by atoms with van der Waals surface area (Å²) in [5.41, 5.74) is 2.43. The summed E-state index contributed by atoms with van der Waals surface area (Å²) in [4.78, 5) is 24.7. The van der Waals surface area contributed by atoms with E-state index < -0.39 is 0 Å². The molecule has 1 unspecified atom stereocenters. The topological polar surface area (TPSA) is 49.4 Å². The van der Waals surface area contributed by atoms with Crippen molar-refractivity contribution < 1.29 is 9.59 Å². The second-order valence-corrected chi connectivity index (χ2v) is 4.94. The van der Waals surface area contributed by atoms with Crippen molar-refractivity contribution in [3.05, 3.63) is 21.9 Å². The molecule has 1 aliphatic heterocycles. The van der Waals surface area contributed by atoms with E-state index >= 15 is 0 Å². The molecule has 1 aromatic rings. The summed E-state index contributed by atoms with van der Waals surface area (Å²) in [6, 6.07) is -0.346. The van der Waals surface area contributed by atoms with Gasteiger partial charge in [0.2, 0.25) is 11.8 Å². The van der Waals surface area contributed by atoms with Crippen LogP contribution in [0.4, 0.5) is 0 Å². The number of rotatable bonds is 4. The van der Waals surface area contributed by atoms with Gasteiger partial charge in [0.05, 0.1) is 12.5 Å². The lowest BCUT2D eigenvalue weighted by atomic mass is 10.2. The molecule has 0 aromatic carbocycles. The molecule has 1 aliphatic rings. The van der Waals surface area contributed by atoms with E-state index in [4.69, 9.17) is 0 Å². The lowest BCUT2D eigenvalue weighted by Crippen LogP contribution is -2.38. The van der Waals surface area contributed by atoms with Crippen LogP contribution in [0.25, 0.3) is 0 Å². The normalized spacial score (nSPS) is 20.4. The van der Waals surface area contributed by atoms with Gasteiger partial charge < -0.3 is 5.32 Å². The Morgan fingerprint density at radius 3 is 2.76 bits per heavy atom. The standard InChI is InChI=1S/C12H16N2O2S/c1-3-14-11(15)4-10(12(14)16)13-5-9-7-17-6-8(9)2/h6-7,10,13H,3-5H2,1-2H3. The average Bonchev–Trinajstić information content (AvgIpc) is 2.81. The van der Waals surface area contributed by atoms with E-state index in [0.717, 1.165) is 0 Å². The number of carbonyl (C=O) groups is 2. The maximum Gasteiger partial charge on any atom is 0.246 e. The monoisotopic (exact) mass is 252 g/mol. The zero-order valence-electron chi connectivity index (χ0n) is 10.0. The van der Waals surface area contributed by atoms with Crippen molar-refractivity contribution >= 4 is 23.2 Å². The number of thiophene rings is 1. The number of likely N-dealkylation sites (N-methyl/N-ethyl adjacent to an activating group) is 1. The summed E-state index contributed by atoms with van der Waals surface area (Å²) in [6.07, 6.45) is 0.288. The molecule has 0 aliphatic carbocycles. The summed E-state index contributed by atoms with van der Waals surface area (Å²) in [6.45, 7) is 4.98. The van der Waals surface area contributed by atoms with Crippen LogP contribution in [0.15, 0.2) is 10.8 Å². The molecule has 1 atom stereocenters. The van der Waals surface area contributed by atoms with E-state index in [2.05, 4.69) is 16.1 Å². The maximum atomic E-state index is 11.8. The smallest absolute Gasteiger partial charge is 0.246 e. The third kappa shape index (κ3) is 2.40. The minimum Gasteiger partial charge on any atom is -0.301 e. The summed E-state index contributed by atoms with van der Waals surface area (Å²) < 4.78 is 0. The van der Waals surface area contributed by atoms with Gasteiger partial charge in [-0.15, -0.1) is 0 Å². The first-order chi connectivity index (χ1) is 8.13. The van der Waals surface area contributed by atoms with Crippen molar-refractivity contribution in [2.45, 2.75) is 32.9 Å². The van der Waals surface area contributed by atoms with Gasteiger partial charge in [-0.25, -0.2) is 0 Å². The molecule has 0 radical (unpaired) electrons. The van der Waals surface area contributed by atoms with Gasteiger partial charge in [-0.3, -0.25) is 14.5 Å². The molecule has 0 saturated carbocycles. The Kier molecular flexibility index (Phi) is 3.59. The molecule has 1 N–H and O–H groups in total. The molecule has 1 fully saturated rings. The minimum atomic E-state index is -0.346. The fourth-order valence-electron chi connectivity index (χ4n) is 1.98. The fourth-order valence-corrected chi connectivity index (χ4v) is 2.83. The molecule has 1 saturated heterocycles. The van der Waals surface area contributed by atoms with Crippen molar-refractivity contribution in [1.29, 1.82) is 0 Å². The van der Waals surface area contributed by atoms with Crippen molar-refractivity contribution in [3.63, 3.8) is 0 Å². The molecule has 2 heterocycles. The number of nitrogens with zero attached hydrogens (tertiary/aromatic N) is 1. The van der Waals surface area contributed by atoms with E-state index in [9.17, 15) is 9.59 Å². The number of hydrogen-bond donors (Lipinski definition) is 1. The van der Waals surface area contributed by atoms with Gasteiger partial charge >= 0.3 is 0 Å². The van der Waals surface area contributed by atoms with Crippen LogP contribution in [0.3, 0.4) is 0 Å². The highest BCUT2D eigenvalue weighted by Gasteiger charge is 2.36. The molecule has 0 spiro atoms. The molecular weight excluding hydrogens is 236 g/mol. The third-order valence-corrected chi connectivity index (χ3v) is 3.97. The third-order valence-electron chi connectivity index (χ3n) is 3.06. The molecule has 92 valence electrons. The zero-order valence-corrected chi connectivity index (χ0v) is 10.8. The predicted octanol–water partition coefficient (Wildman–Crippen LogP) is 1.29. The van der Waals surface area contributed by atoms with E-state index in [0.29, 0.717) is 13.1 Å². The number of hydrogen-bond acceptors (Lipinski definition) is 4. The van der Waals surface area contributed by atoms with E-state index in [1.54, 1.807) is 11.3 Å². The Labute approximate surface area is 105 Å². The lowest BCUT2D eigenvalue weighted by molar-refractivity contribution is -0.138. The molecule has 17 heavy (non-hydrogen) atoms. The number of likely N-dealkylation sites (tertiary alicyclic amines) is 1. The number of carbonyl (C=O) groups excluding carboxylic acids is 2. The first-order valence-corrected chi connectivity index (χ1v) is 6.67. The zero-order chi connectivity index (χ0) is 12.4. The van der Waals surface area contributed by atoms with E-state index in [1.165, 1.54) is 16.0 Å². The van der Waals surface area contributed by atoms with Crippen molar-refractivity contribution in [2.24, 2.45) is 0 Å². The summed E-state index contributed by atoms with van der Waals surface area (Å²) in [7, 11) is 0. The molecule has 2 rings (SSSR count). The van der Waals surface area contributed by atoms with Crippen LogP contribution < -0.4 is 5.32 Å². The number of imide groups is 1. The van der Waals surface area contributed by atoms with Gasteiger partial charge in [0.1, 0.15) is 0 Å². The molecule has 4 nitrogen and oxygen atoms in total. The summed E-state index contributed by atoms with van der Waals surface area (Å²) in [5.74, 6) is -0.164. The Balaban J connectivity index is 1.95. The maximum absolute atomic E-state index is 11.8. The molecular formula is C12H16N2O2S. The quantitative estimate of drug-likeness (QED) is 0.822. The Hall–Kier alpha value is -1.20. The van der Waals surface area contributed by atoms with Gasteiger partial charge in [-0.05, 0) is 35.7 Å². The Morgan fingerprint density at radius 1 is 1.47 bits per heavy atom. The van der Waals surface area contributed by atoms with E-state index in [-0.39, 0.29) is 24.3 Å². The number of aryl methyl sites for hydroxylation is 1. The second kappa shape index (κ2) is 4.98. The van der Waals surface area contributed by atoms with E-state index in [1.807, 2.05) is 13.8 Å². The number of nitrogens with one attached hydrogen (secondary N) is 1. The van der Waals surface area contributed by atoms with Crippen molar-refractivity contribution in [3.8, 4) is 0 Å². The Bertz CT molecular complexity index is 441. The van der Waals surface area contributed by atoms with Crippen molar-refractivity contribution in [2.75, 3.05) is 6.54 Å². The van der Waals surface area contributed by atoms with Crippen LogP contribution in [0, 0.1) is 6.92 Å². The van der Waals surface area contributed by atoms with Crippen LogP contribution in [0.2, 0.25) is 0 Å². The highest BCUT2D eigenvalue weighted by Crippen LogP contribution is 2.16. The second-order valence-electron chi connectivity index (χ2n) is 4.19. The summed E-state index contributed by atoms with van der Waals surface area (Å²) in [5, 5.41) is 7.31. The molecule has 1 aromatic heterocycles.